The second-order valence-electron chi connectivity index (χ2n) is 20.8. The number of phenols is 2. The molecule has 7 aromatic rings. The highest BCUT2D eigenvalue weighted by Gasteiger charge is 2.54. The minimum absolute atomic E-state index is 0.0852. The van der Waals surface area contributed by atoms with Gasteiger partial charge in [-0.3, -0.25) is 0 Å². The maximum atomic E-state index is 12.6. The average Bonchev–Trinajstić information content (AvgIpc) is 3.81. The number of aromatic hydroxyl groups is 2. The van der Waals surface area contributed by atoms with Gasteiger partial charge in [0.2, 0.25) is 0 Å². The van der Waals surface area contributed by atoms with Crippen LogP contribution in [0.3, 0.4) is 0 Å². The lowest BCUT2D eigenvalue weighted by Crippen LogP contribution is -2.48. The molecule has 8 fully saturated rings. The Morgan fingerprint density at radius 1 is 0.483 bits per heavy atom. The van der Waals surface area contributed by atoms with Gasteiger partial charge in [0.15, 0.2) is 0 Å². The van der Waals surface area contributed by atoms with E-state index >= 15 is 0 Å². The molecule has 4 aromatic carbocycles. The van der Waals surface area contributed by atoms with E-state index in [4.69, 9.17) is 4.98 Å². The lowest BCUT2D eigenvalue weighted by atomic mass is 9.48. The van der Waals surface area contributed by atoms with Gasteiger partial charge < -0.3 is 10.2 Å². The van der Waals surface area contributed by atoms with E-state index in [-0.39, 0.29) is 10.8 Å². The second-order valence-corrected chi connectivity index (χ2v) is 22.9. The minimum Gasteiger partial charge on any atom is -0.507 e. The Labute approximate surface area is 361 Å². The van der Waals surface area contributed by atoms with E-state index in [2.05, 4.69) is 105 Å². The molecule has 5 heteroatoms. The first-order chi connectivity index (χ1) is 29.2. The molecule has 15 rings (SSSR count). The highest BCUT2D eigenvalue weighted by atomic mass is 32.1. The van der Waals surface area contributed by atoms with Crippen LogP contribution in [0.4, 0.5) is 0 Å². The zero-order valence-electron chi connectivity index (χ0n) is 34.8. The Kier molecular flexibility index (Phi) is 7.87. The monoisotopic (exact) mass is 823 g/mol. The molecule has 60 heavy (non-hydrogen) atoms. The van der Waals surface area contributed by atoms with Gasteiger partial charge in [-0.1, -0.05) is 54.6 Å². The van der Waals surface area contributed by atoms with Crippen LogP contribution < -0.4 is 0 Å². The molecule has 0 radical (unpaired) electrons. The van der Waals surface area contributed by atoms with E-state index in [9.17, 15) is 10.2 Å². The van der Waals surface area contributed by atoms with Gasteiger partial charge in [-0.15, -0.1) is 22.7 Å². The van der Waals surface area contributed by atoms with Crippen LogP contribution in [-0.4, -0.2) is 15.2 Å². The van der Waals surface area contributed by atoms with Gasteiger partial charge in [-0.25, -0.2) is 4.98 Å². The maximum Gasteiger partial charge on any atom is 0.128 e. The molecule has 3 heterocycles. The molecule has 0 aliphatic heterocycles. The van der Waals surface area contributed by atoms with Gasteiger partial charge in [0, 0.05) is 63.3 Å². The minimum atomic E-state index is 0.0852. The first-order valence-electron chi connectivity index (χ1n) is 22.9. The summed E-state index contributed by atoms with van der Waals surface area (Å²) in [5.41, 5.74) is 10.9. The van der Waals surface area contributed by atoms with Crippen LogP contribution in [0, 0.1) is 49.4 Å². The van der Waals surface area contributed by atoms with Crippen molar-refractivity contribution in [2.45, 2.75) is 102 Å². The van der Waals surface area contributed by atoms with Crippen LogP contribution in [-0.2, 0) is 10.8 Å². The van der Waals surface area contributed by atoms with Crippen LogP contribution in [0.25, 0.3) is 63.6 Å². The Morgan fingerprint density at radius 3 is 1.23 bits per heavy atom. The summed E-state index contributed by atoms with van der Waals surface area (Å²) in [7, 11) is 0. The number of thiophene rings is 2. The van der Waals surface area contributed by atoms with Gasteiger partial charge in [0.25, 0.3) is 0 Å². The molecular formula is C55H53NO2S2. The molecule has 3 aromatic heterocycles. The third-order valence-electron chi connectivity index (χ3n) is 16.7. The highest BCUT2D eigenvalue weighted by molar-refractivity contribution is 7.23. The smallest absolute Gasteiger partial charge is 0.128 e. The molecule has 0 amide bonds. The zero-order valence-corrected chi connectivity index (χ0v) is 36.4. The Hall–Kier alpha value is -4.45. The van der Waals surface area contributed by atoms with Crippen molar-refractivity contribution in [1.82, 2.24) is 4.98 Å². The van der Waals surface area contributed by atoms with E-state index in [1.54, 1.807) is 22.7 Å². The van der Waals surface area contributed by atoms with Gasteiger partial charge in [0.1, 0.15) is 11.5 Å². The molecule has 2 N–H and O–H groups in total. The number of aryl methyl sites for hydroxylation is 2. The lowest BCUT2D eigenvalue weighted by Gasteiger charge is -2.57. The number of fused-ring (bicyclic) bond motifs is 2. The van der Waals surface area contributed by atoms with E-state index in [1.807, 2.05) is 0 Å². The van der Waals surface area contributed by atoms with Crippen molar-refractivity contribution in [2.75, 3.05) is 0 Å². The Bertz CT molecular complexity index is 2650. The van der Waals surface area contributed by atoms with E-state index < -0.39 is 0 Å². The molecule has 302 valence electrons. The molecule has 8 bridgehead atoms. The van der Waals surface area contributed by atoms with E-state index in [1.165, 1.54) is 119 Å². The molecule has 0 unspecified atom stereocenters. The third kappa shape index (κ3) is 5.40. The van der Waals surface area contributed by atoms with Crippen molar-refractivity contribution < 1.29 is 10.2 Å². The van der Waals surface area contributed by atoms with Crippen molar-refractivity contribution in [3.8, 4) is 54.9 Å². The quantitative estimate of drug-likeness (QED) is 0.176. The predicted molar refractivity (Wildman–Crippen MR) is 249 cm³/mol. The van der Waals surface area contributed by atoms with Crippen LogP contribution >= 0.6 is 22.7 Å². The Morgan fingerprint density at radius 2 is 0.850 bits per heavy atom. The van der Waals surface area contributed by atoms with Crippen molar-refractivity contribution >= 4 is 42.8 Å². The van der Waals surface area contributed by atoms with Crippen molar-refractivity contribution in [1.29, 1.82) is 0 Å². The summed E-state index contributed by atoms with van der Waals surface area (Å²) >= 11 is 3.57. The predicted octanol–water partition coefficient (Wildman–Crippen LogP) is 15.1. The molecule has 8 aliphatic carbocycles. The maximum absolute atomic E-state index is 12.6. The fraction of sp³-hybridized carbons (Fsp3) is 0.400. The van der Waals surface area contributed by atoms with Gasteiger partial charge in [-0.05, 0) is 185 Å². The molecule has 8 aliphatic rings. The number of benzene rings is 4. The van der Waals surface area contributed by atoms with E-state index in [0.29, 0.717) is 11.5 Å². The van der Waals surface area contributed by atoms with Crippen molar-refractivity contribution in [3.05, 3.63) is 113 Å². The fourth-order valence-electron chi connectivity index (χ4n) is 15.3. The summed E-state index contributed by atoms with van der Waals surface area (Å²) in [4.78, 5) is 7.83. The van der Waals surface area contributed by atoms with Crippen LogP contribution in [0.15, 0.2) is 91.0 Å². The third-order valence-corrected chi connectivity index (χ3v) is 19.1. The topological polar surface area (TPSA) is 53.4 Å². The summed E-state index contributed by atoms with van der Waals surface area (Å²) in [5, 5.41) is 27.6. The molecular weight excluding hydrogens is 771 g/mol. The average molecular weight is 824 g/mol. The SMILES string of the molecule is Cc1cc(-c2sc3ccccc3c2-c2cccc(-c3c(-c4cc(C)cc(C56CC7CC(CC(C7)C5)C6)c4O)sc4ccccc34)n2)c(O)c(C23CC4CC(CC(C4)C2)C3)c1. The number of phenolic OH excluding ortho intramolecular Hbond substituents is 2. The van der Waals surface area contributed by atoms with Crippen LogP contribution in [0.5, 0.6) is 11.5 Å². The van der Waals surface area contributed by atoms with Crippen molar-refractivity contribution in [3.63, 3.8) is 0 Å². The lowest BCUT2D eigenvalue weighted by molar-refractivity contribution is -0.00627. The highest BCUT2D eigenvalue weighted by Crippen LogP contribution is 2.65. The van der Waals surface area contributed by atoms with Gasteiger partial charge in [0.05, 0.1) is 11.4 Å². The largest absolute Gasteiger partial charge is 0.507 e. The Balaban J connectivity index is 0.975. The molecule has 0 atom stereocenters. The van der Waals surface area contributed by atoms with Crippen molar-refractivity contribution in [2.24, 2.45) is 35.5 Å². The van der Waals surface area contributed by atoms with Crippen LogP contribution in [0.2, 0.25) is 0 Å². The number of aromatic nitrogens is 1. The summed E-state index contributed by atoms with van der Waals surface area (Å²) in [6.45, 7) is 4.44. The van der Waals surface area contributed by atoms with E-state index in [0.717, 1.165) is 78.9 Å². The molecule has 0 saturated heterocycles. The second kappa shape index (κ2) is 13.0. The number of hydrogen-bond acceptors (Lipinski definition) is 5. The number of hydrogen-bond donors (Lipinski definition) is 2. The number of nitrogens with zero attached hydrogens (tertiary/aromatic N) is 1. The number of pyridine rings is 1. The first kappa shape index (κ1) is 36.2. The first-order valence-corrected chi connectivity index (χ1v) is 24.5. The molecule has 3 nitrogen and oxygen atoms in total. The summed E-state index contributed by atoms with van der Waals surface area (Å²) in [6.07, 6.45) is 15.6. The van der Waals surface area contributed by atoms with Gasteiger partial charge in [-0.2, -0.15) is 0 Å². The summed E-state index contributed by atoms with van der Waals surface area (Å²) in [6, 6.07) is 33.0. The molecule has 8 saturated carbocycles. The normalized spacial score (nSPS) is 30.0. The summed E-state index contributed by atoms with van der Waals surface area (Å²) < 4.78 is 2.41. The summed E-state index contributed by atoms with van der Waals surface area (Å²) in [5.74, 6) is 5.78. The van der Waals surface area contributed by atoms with Crippen LogP contribution in [0.1, 0.15) is 99.3 Å². The fourth-order valence-corrected chi connectivity index (χ4v) is 17.7. The standard InChI is InChI=1S/C55H53NO2S2/c1-30-14-40(50(57)42(16-30)54-24-32-18-33(25-54)20-34(19-32)26-54)52-48(38-8-3-5-12-46(38)59-52)44-10-7-11-45(56-44)49-39-9-4-6-13-47(39)60-53(49)41-15-31(2)17-43(51(41)58)55-27-35-21-36(28-55)23-37(22-35)29-55/h3-17,32-37,57-58H,18-29H2,1-2H3. The zero-order chi connectivity index (χ0) is 40.1. The molecule has 0 spiro atoms. The number of rotatable bonds is 6. The van der Waals surface area contributed by atoms with Gasteiger partial charge >= 0.3 is 0 Å².